The van der Waals surface area contributed by atoms with E-state index in [2.05, 4.69) is 4.98 Å². The first-order valence-corrected chi connectivity index (χ1v) is 9.91. The van der Waals surface area contributed by atoms with Crippen molar-refractivity contribution >= 4 is 17.3 Å². The monoisotopic (exact) mass is 413 g/mol. The summed E-state index contributed by atoms with van der Waals surface area (Å²) in [5, 5.41) is 2.91. The molecular weight excluding hydrogens is 390 g/mol. The van der Waals surface area contributed by atoms with E-state index in [0.717, 1.165) is 21.8 Å². The summed E-state index contributed by atoms with van der Waals surface area (Å²) < 4.78 is 22.0. The van der Waals surface area contributed by atoms with Crippen LogP contribution in [0.15, 0.2) is 41.8 Å². The van der Waals surface area contributed by atoms with Gasteiger partial charge in [-0.1, -0.05) is 12.1 Å². The lowest BCUT2D eigenvalue weighted by atomic mass is 10.1. The van der Waals surface area contributed by atoms with Gasteiger partial charge < -0.3 is 18.9 Å². The van der Waals surface area contributed by atoms with E-state index < -0.39 is 5.97 Å². The fraction of sp³-hybridized carbons (Fsp3) is 0.273. The molecule has 0 bridgehead atoms. The minimum Gasteiger partial charge on any atom is -0.493 e. The first kappa shape index (κ1) is 20.7. The highest BCUT2D eigenvalue weighted by Gasteiger charge is 2.16. The summed E-state index contributed by atoms with van der Waals surface area (Å²) in [6.07, 6.45) is 0. The molecule has 7 heteroatoms. The number of carbonyl (C=O) groups excluding carboxylic acids is 1. The van der Waals surface area contributed by atoms with Crippen LogP contribution in [0.4, 0.5) is 0 Å². The Morgan fingerprint density at radius 2 is 1.72 bits per heavy atom. The Bertz CT molecular complexity index is 999. The molecule has 0 aliphatic heterocycles. The van der Waals surface area contributed by atoms with Gasteiger partial charge in [-0.25, -0.2) is 9.78 Å². The minimum atomic E-state index is -0.454. The van der Waals surface area contributed by atoms with E-state index in [0.29, 0.717) is 29.4 Å². The summed E-state index contributed by atoms with van der Waals surface area (Å²) in [6.45, 7) is 4.28. The van der Waals surface area contributed by atoms with Gasteiger partial charge in [-0.15, -0.1) is 11.3 Å². The molecule has 0 unspecified atom stereocenters. The molecule has 0 aliphatic carbocycles. The van der Waals surface area contributed by atoms with Gasteiger partial charge in [0, 0.05) is 5.38 Å². The van der Waals surface area contributed by atoms with E-state index in [1.54, 1.807) is 43.8 Å². The maximum Gasteiger partial charge on any atom is 0.342 e. The van der Waals surface area contributed by atoms with Crippen molar-refractivity contribution in [3.8, 4) is 17.2 Å². The van der Waals surface area contributed by atoms with Crippen molar-refractivity contribution < 1.29 is 23.7 Å². The molecule has 6 nitrogen and oxygen atoms in total. The zero-order valence-corrected chi connectivity index (χ0v) is 17.7. The van der Waals surface area contributed by atoms with Gasteiger partial charge in [-0.2, -0.15) is 0 Å². The number of aromatic nitrogens is 1. The van der Waals surface area contributed by atoms with Crippen LogP contribution in [-0.4, -0.2) is 25.2 Å². The molecule has 0 amide bonds. The first-order valence-electron chi connectivity index (χ1n) is 9.03. The highest BCUT2D eigenvalue weighted by molar-refractivity contribution is 7.09. The molecule has 0 radical (unpaired) electrons. The molecule has 0 N–H and O–H groups in total. The number of hydrogen-bond acceptors (Lipinski definition) is 7. The van der Waals surface area contributed by atoms with Gasteiger partial charge in [-0.05, 0) is 49.2 Å². The average Bonchev–Trinajstić information content (AvgIpc) is 3.16. The zero-order chi connectivity index (χ0) is 20.8. The maximum atomic E-state index is 12.7. The number of carbonyl (C=O) groups is 1. The number of thiazole rings is 1. The molecule has 152 valence electrons. The number of hydrogen-bond donors (Lipinski definition) is 0. The molecule has 3 aromatic rings. The highest BCUT2D eigenvalue weighted by atomic mass is 32.1. The molecule has 0 saturated carbocycles. The summed E-state index contributed by atoms with van der Waals surface area (Å²) in [4.78, 5) is 17.0. The number of rotatable bonds is 8. The lowest BCUT2D eigenvalue weighted by Gasteiger charge is -2.14. The minimum absolute atomic E-state index is 0.116. The lowest BCUT2D eigenvalue weighted by Crippen LogP contribution is -2.09. The first-order chi connectivity index (χ1) is 14.0. The molecule has 1 aromatic heterocycles. The standard InChI is InChI=1S/C22H23NO5S/c1-14-9-20(25-3)21(26-4)10-16(14)11-28-22(24)18-7-5-6-8-19(18)27-12-17-13-29-15(2)23-17/h5-10,13H,11-12H2,1-4H3. The number of ether oxygens (including phenoxy) is 4. The van der Waals surface area contributed by atoms with E-state index in [1.807, 2.05) is 37.4 Å². The molecule has 0 fully saturated rings. The predicted molar refractivity (Wildman–Crippen MR) is 111 cm³/mol. The summed E-state index contributed by atoms with van der Waals surface area (Å²) in [7, 11) is 3.15. The molecule has 0 spiro atoms. The van der Waals surface area contributed by atoms with Crippen molar-refractivity contribution in [2.75, 3.05) is 14.2 Å². The summed E-state index contributed by atoms with van der Waals surface area (Å²) in [5.41, 5.74) is 2.99. The van der Waals surface area contributed by atoms with Crippen molar-refractivity contribution in [1.82, 2.24) is 4.98 Å². The topological polar surface area (TPSA) is 66.9 Å². The molecule has 29 heavy (non-hydrogen) atoms. The maximum absolute atomic E-state index is 12.7. The molecule has 0 aliphatic rings. The summed E-state index contributed by atoms with van der Waals surface area (Å²) >= 11 is 1.56. The van der Waals surface area contributed by atoms with Crippen LogP contribution in [0.3, 0.4) is 0 Å². The van der Waals surface area contributed by atoms with Crippen LogP contribution < -0.4 is 14.2 Å². The smallest absolute Gasteiger partial charge is 0.342 e. The quantitative estimate of drug-likeness (QED) is 0.498. The molecule has 3 rings (SSSR count). The lowest BCUT2D eigenvalue weighted by molar-refractivity contribution is 0.0466. The van der Waals surface area contributed by atoms with Crippen LogP contribution in [0.25, 0.3) is 0 Å². The van der Waals surface area contributed by atoms with Crippen LogP contribution >= 0.6 is 11.3 Å². The van der Waals surface area contributed by atoms with E-state index in [9.17, 15) is 4.79 Å². The Morgan fingerprint density at radius 1 is 1.00 bits per heavy atom. The van der Waals surface area contributed by atoms with Crippen LogP contribution in [0.1, 0.15) is 32.2 Å². The fourth-order valence-electron chi connectivity index (χ4n) is 2.79. The van der Waals surface area contributed by atoms with Gasteiger partial charge in [-0.3, -0.25) is 0 Å². The largest absolute Gasteiger partial charge is 0.493 e. The second kappa shape index (κ2) is 9.43. The third-order valence-corrected chi connectivity index (χ3v) is 5.17. The van der Waals surface area contributed by atoms with Crippen molar-refractivity contribution in [1.29, 1.82) is 0 Å². The molecule has 1 heterocycles. The van der Waals surface area contributed by atoms with E-state index in [-0.39, 0.29) is 6.61 Å². The number of benzene rings is 2. The Morgan fingerprint density at radius 3 is 2.41 bits per heavy atom. The van der Waals surface area contributed by atoms with Crippen LogP contribution in [-0.2, 0) is 18.0 Å². The zero-order valence-electron chi connectivity index (χ0n) is 16.9. The van der Waals surface area contributed by atoms with Gasteiger partial charge in [0.2, 0.25) is 0 Å². The van der Waals surface area contributed by atoms with E-state index in [1.165, 1.54) is 0 Å². The van der Waals surface area contributed by atoms with E-state index >= 15 is 0 Å². The third kappa shape index (κ3) is 5.06. The molecule has 2 aromatic carbocycles. The Hall–Kier alpha value is -3.06. The van der Waals surface area contributed by atoms with Gasteiger partial charge in [0.25, 0.3) is 0 Å². The number of methoxy groups -OCH3 is 2. The van der Waals surface area contributed by atoms with Gasteiger partial charge in [0.15, 0.2) is 11.5 Å². The second-order valence-electron chi connectivity index (χ2n) is 6.35. The SMILES string of the molecule is COc1cc(C)c(COC(=O)c2ccccc2OCc2csc(C)n2)cc1OC. The molecule has 0 atom stereocenters. The Labute approximate surface area is 174 Å². The van der Waals surface area contributed by atoms with E-state index in [4.69, 9.17) is 18.9 Å². The van der Waals surface area contributed by atoms with Gasteiger partial charge in [0.1, 0.15) is 24.5 Å². The number of esters is 1. The average molecular weight is 413 g/mol. The van der Waals surface area contributed by atoms with Crippen molar-refractivity contribution in [3.63, 3.8) is 0 Å². The third-order valence-electron chi connectivity index (χ3n) is 4.35. The Balaban J connectivity index is 1.70. The van der Waals surface area contributed by atoms with Gasteiger partial charge in [0.05, 0.1) is 24.9 Å². The van der Waals surface area contributed by atoms with Crippen molar-refractivity contribution in [2.24, 2.45) is 0 Å². The number of para-hydroxylation sites is 1. The molecular formula is C22H23NO5S. The van der Waals surface area contributed by atoms with Crippen LogP contribution in [0.2, 0.25) is 0 Å². The fourth-order valence-corrected chi connectivity index (χ4v) is 3.38. The summed E-state index contributed by atoms with van der Waals surface area (Å²) in [6, 6.07) is 10.7. The van der Waals surface area contributed by atoms with Gasteiger partial charge >= 0.3 is 5.97 Å². The van der Waals surface area contributed by atoms with Crippen LogP contribution in [0, 0.1) is 13.8 Å². The number of nitrogens with zero attached hydrogens (tertiary/aromatic N) is 1. The van der Waals surface area contributed by atoms with Crippen molar-refractivity contribution in [3.05, 3.63) is 69.2 Å². The van der Waals surface area contributed by atoms with Crippen LogP contribution in [0.5, 0.6) is 17.2 Å². The molecule has 0 saturated heterocycles. The Kier molecular flexibility index (Phi) is 6.72. The normalized spacial score (nSPS) is 10.5. The predicted octanol–water partition coefficient (Wildman–Crippen LogP) is 4.71. The highest BCUT2D eigenvalue weighted by Crippen LogP contribution is 2.31. The number of aryl methyl sites for hydroxylation is 2. The van der Waals surface area contributed by atoms with Crippen molar-refractivity contribution in [2.45, 2.75) is 27.1 Å². The summed E-state index contributed by atoms with van der Waals surface area (Å²) in [5.74, 6) is 1.24. The second-order valence-corrected chi connectivity index (χ2v) is 7.41.